The lowest BCUT2D eigenvalue weighted by molar-refractivity contribution is 0.0932. The Bertz CT molecular complexity index is 537. The molecule has 0 aliphatic heterocycles. The second-order valence-corrected chi connectivity index (χ2v) is 4.30. The molecule has 2 rings (SSSR count). The fourth-order valence-corrected chi connectivity index (χ4v) is 1.56. The Hall–Kier alpha value is -2.51. The first-order chi connectivity index (χ1) is 9.70. The average molecular weight is 275 g/mol. The molecular weight excluding hydrogens is 258 g/mol. The molecule has 106 valence electrons. The van der Waals surface area contributed by atoms with Crippen molar-refractivity contribution in [2.75, 3.05) is 11.9 Å². The zero-order valence-electron chi connectivity index (χ0n) is 11.4. The molecule has 1 amide bonds. The van der Waals surface area contributed by atoms with E-state index < -0.39 is 0 Å². The number of aromatic amines is 1. The van der Waals surface area contributed by atoms with Crippen LogP contribution in [0.15, 0.2) is 18.5 Å². The summed E-state index contributed by atoms with van der Waals surface area (Å²) in [6, 6.07) is 3.09. The van der Waals surface area contributed by atoms with Crippen LogP contribution >= 0.6 is 0 Å². The van der Waals surface area contributed by atoms with Crippen molar-refractivity contribution < 1.29 is 4.79 Å². The summed E-state index contributed by atoms with van der Waals surface area (Å²) >= 11 is 0. The van der Waals surface area contributed by atoms with Gasteiger partial charge < -0.3 is 10.6 Å². The van der Waals surface area contributed by atoms with E-state index >= 15 is 0 Å². The van der Waals surface area contributed by atoms with Gasteiger partial charge in [0.2, 0.25) is 0 Å². The molecule has 8 heteroatoms. The van der Waals surface area contributed by atoms with Crippen LogP contribution < -0.4 is 10.6 Å². The highest BCUT2D eigenvalue weighted by Gasteiger charge is 2.14. The predicted octanol–water partition coefficient (Wildman–Crippen LogP) is 0.908. The second kappa shape index (κ2) is 6.60. The second-order valence-electron chi connectivity index (χ2n) is 4.30. The minimum atomic E-state index is -0.302. The molecule has 2 aromatic heterocycles. The van der Waals surface area contributed by atoms with Crippen LogP contribution in [0.25, 0.3) is 0 Å². The number of hydrogen-bond donors (Lipinski definition) is 3. The topological polar surface area (TPSA) is 108 Å². The molecule has 0 aliphatic rings. The third-order valence-corrected chi connectivity index (χ3v) is 2.64. The van der Waals surface area contributed by atoms with Gasteiger partial charge in [-0.3, -0.25) is 9.89 Å². The average Bonchev–Trinajstić information content (AvgIpc) is 3.00. The summed E-state index contributed by atoms with van der Waals surface area (Å²) in [7, 11) is 0. The lowest BCUT2D eigenvalue weighted by Gasteiger charge is -2.10. The zero-order chi connectivity index (χ0) is 14.4. The Kier molecular flexibility index (Phi) is 4.59. The zero-order valence-corrected chi connectivity index (χ0v) is 11.4. The standard InChI is InChI=1S/C12H17N7O/c1-3-6-13-10-5-4-9(17-18-10)12(20)16-8(2)11-14-7-15-19-11/h4-5,7-8H,3,6H2,1-2H3,(H,13,18)(H,16,20)(H,14,15,19). The third-order valence-electron chi connectivity index (χ3n) is 2.64. The molecule has 0 fully saturated rings. The van der Waals surface area contributed by atoms with Gasteiger partial charge >= 0.3 is 0 Å². The van der Waals surface area contributed by atoms with E-state index in [1.807, 2.05) is 6.92 Å². The Morgan fingerprint density at radius 3 is 2.85 bits per heavy atom. The van der Waals surface area contributed by atoms with Crippen molar-refractivity contribution in [1.82, 2.24) is 30.7 Å². The number of nitrogens with one attached hydrogen (secondary N) is 3. The van der Waals surface area contributed by atoms with Crippen molar-refractivity contribution >= 4 is 11.7 Å². The van der Waals surface area contributed by atoms with Crippen LogP contribution in [-0.2, 0) is 0 Å². The van der Waals surface area contributed by atoms with Gasteiger partial charge in [0.05, 0.1) is 6.04 Å². The minimum absolute atomic E-state index is 0.262. The van der Waals surface area contributed by atoms with E-state index in [1.54, 1.807) is 12.1 Å². The minimum Gasteiger partial charge on any atom is -0.369 e. The Labute approximate surface area is 116 Å². The van der Waals surface area contributed by atoms with E-state index in [1.165, 1.54) is 6.33 Å². The van der Waals surface area contributed by atoms with Crippen LogP contribution in [0.1, 0.15) is 42.6 Å². The van der Waals surface area contributed by atoms with Gasteiger partial charge in [-0.25, -0.2) is 4.98 Å². The Morgan fingerprint density at radius 1 is 1.40 bits per heavy atom. The molecule has 0 spiro atoms. The Balaban J connectivity index is 1.95. The van der Waals surface area contributed by atoms with Crippen molar-refractivity contribution in [1.29, 1.82) is 0 Å². The predicted molar refractivity (Wildman–Crippen MR) is 73.1 cm³/mol. The fourth-order valence-electron chi connectivity index (χ4n) is 1.56. The molecule has 0 aromatic carbocycles. The summed E-state index contributed by atoms with van der Waals surface area (Å²) in [5, 5.41) is 20.1. The van der Waals surface area contributed by atoms with E-state index in [2.05, 4.69) is 42.9 Å². The summed E-state index contributed by atoms with van der Waals surface area (Å²) < 4.78 is 0. The number of amides is 1. The number of carbonyl (C=O) groups is 1. The molecule has 0 aliphatic carbocycles. The van der Waals surface area contributed by atoms with Crippen molar-refractivity contribution in [3.05, 3.63) is 30.0 Å². The van der Waals surface area contributed by atoms with Gasteiger partial charge in [0.25, 0.3) is 5.91 Å². The molecule has 1 unspecified atom stereocenters. The first-order valence-electron chi connectivity index (χ1n) is 6.44. The molecule has 0 radical (unpaired) electrons. The van der Waals surface area contributed by atoms with Gasteiger partial charge in [-0.15, -0.1) is 10.2 Å². The van der Waals surface area contributed by atoms with E-state index in [4.69, 9.17) is 0 Å². The number of anilines is 1. The van der Waals surface area contributed by atoms with Gasteiger partial charge in [-0.05, 0) is 25.5 Å². The van der Waals surface area contributed by atoms with Gasteiger partial charge in [0.1, 0.15) is 18.0 Å². The maximum atomic E-state index is 12.0. The lowest BCUT2D eigenvalue weighted by atomic mass is 10.3. The normalized spacial score (nSPS) is 11.9. The van der Waals surface area contributed by atoms with Crippen molar-refractivity contribution in [2.45, 2.75) is 26.3 Å². The number of aromatic nitrogens is 5. The lowest BCUT2D eigenvalue weighted by Crippen LogP contribution is -2.28. The number of H-pyrrole nitrogens is 1. The molecule has 0 saturated carbocycles. The van der Waals surface area contributed by atoms with Crippen LogP contribution in [0.5, 0.6) is 0 Å². The van der Waals surface area contributed by atoms with Crippen molar-refractivity contribution in [3.63, 3.8) is 0 Å². The SMILES string of the molecule is CCCNc1ccc(C(=O)NC(C)c2ncn[nH]2)nn1. The molecule has 3 N–H and O–H groups in total. The van der Waals surface area contributed by atoms with Gasteiger partial charge in [0.15, 0.2) is 5.69 Å². The van der Waals surface area contributed by atoms with Gasteiger partial charge in [-0.1, -0.05) is 6.92 Å². The summed E-state index contributed by atoms with van der Waals surface area (Å²) in [4.78, 5) is 16.0. The summed E-state index contributed by atoms with van der Waals surface area (Å²) in [5.41, 5.74) is 0.262. The number of carbonyl (C=O) groups excluding carboxylic acids is 1. The first-order valence-corrected chi connectivity index (χ1v) is 6.44. The van der Waals surface area contributed by atoms with E-state index in [0.717, 1.165) is 13.0 Å². The van der Waals surface area contributed by atoms with E-state index in [9.17, 15) is 4.79 Å². The van der Waals surface area contributed by atoms with Crippen LogP contribution in [-0.4, -0.2) is 37.8 Å². The van der Waals surface area contributed by atoms with Gasteiger partial charge in [0, 0.05) is 6.54 Å². The highest BCUT2D eigenvalue weighted by Crippen LogP contribution is 2.07. The Morgan fingerprint density at radius 2 is 2.25 bits per heavy atom. The molecule has 20 heavy (non-hydrogen) atoms. The van der Waals surface area contributed by atoms with Crippen LogP contribution in [0.2, 0.25) is 0 Å². The van der Waals surface area contributed by atoms with Gasteiger partial charge in [-0.2, -0.15) is 5.10 Å². The highest BCUT2D eigenvalue weighted by molar-refractivity contribution is 5.92. The van der Waals surface area contributed by atoms with E-state index in [-0.39, 0.29) is 17.6 Å². The van der Waals surface area contributed by atoms with Crippen LogP contribution in [0.3, 0.4) is 0 Å². The molecule has 8 nitrogen and oxygen atoms in total. The van der Waals surface area contributed by atoms with Crippen LogP contribution in [0, 0.1) is 0 Å². The van der Waals surface area contributed by atoms with Crippen molar-refractivity contribution in [2.24, 2.45) is 0 Å². The molecule has 1 atom stereocenters. The number of rotatable bonds is 6. The largest absolute Gasteiger partial charge is 0.369 e. The molecule has 2 aromatic rings. The number of nitrogens with zero attached hydrogens (tertiary/aromatic N) is 4. The summed E-state index contributed by atoms with van der Waals surface area (Å²) in [5.74, 6) is 0.947. The molecule has 0 saturated heterocycles. The van der Waals surface area contributed by atoms with E-state index in [0.29, 0.717) is 11.6 Å². The first kappa shape index (κ1) is 13.9. The summed E-state index contributed by atoms with van der Waals surface area (Å²) in [6.45, 7) is 4.69. The monoisotopic (exact) mass is 275 g/mol. The van der Waals surface area contributed by atoms with Crippen LogP contribution in [0.4, 0.5) is 5.82 Å². The van der Waals surface area contributed by atoms with Crippen molar-refractivity contribution in [3.8, 4) is 0 Å². The molecule has 2 heterocycles. The highest BCUT2D eigenvalue weighted by atomic mass is 16.2. The fraction of sp³-hybridized carbons (Fsp3) is 0.417. The summed E-state index contributed by atoms with van der Waals surface area (Å²) in [6.07, 6.45) is 2.39. The maximum absolute atomic E-state index is 12.0. The third kappa shape index (κ3) is 3.50. The molecular formula is C12H17N7O. The quantitative estimate of drug-likeness (QED) is 0.723. The maximum Gasteiger partial charge on any atom is 0.272 e. The smallest absolute Gasteiger partial charge is 0.272 e. The number of hydrogen-bond acceptors (Lipinski definition) is 6. The molecule has 0 bridgehead atoms.